The molecule has 10 heteroatoms. The Morgan fingerprint density at radius 2 is 1.73 bits per heavy atom. The number of sulfonamides is 1. The van der Waals surface area contributed by atoms with Crippen LogP contribution < -0.4 is 0 Å². The van der Waals surface area contributed by atoms with E-state index < -0.39 is 10.0 Å². The number of amides is 1. The summed E-state index contributed by atoms with van der Waals surface area (Å²) in [7, 11) is -3.71. The van der Waals surface area contributed by atoms with Crippen molar-refractivity contribution in [3.05, 3.63) is 60.0 Å². The lowest BCUT2D eigenvalue weighted by Gasteiger charge is -2.35. The lowest BCUT2D eigenvalue weighted by atomic mass is 9.95. The molecule has 1 atom stereocenters. The zero-order chi connectivity index (χ0) is 22.6. The molecule has 0 spiro atoms. The van der Waals surface area contributed by atoms with Gasteiger partial charge in [0.2, 0.25) is 5.91 Å². The maximum Gasteiger partial charge on any atom is 0.285 e. The first-order valence-corrected chi connectivity index (χ1v) is 12.8. The van der Waals surface area contributed by atoms with Gasteiger partial charge in [-0.25, -0.2) is 0 Å². The molecule has 5 heterocycles. The van der Waals surface area contributed by atoms with Crippen molar-refractivity contribution in [2.24, 2.45) is 4.40 Å². The van der Waals surface area contributed by atoms with E-state index in [4.69, 9.17) is 0 Å². The van der Waals surface area contributed by atoms with E-state index in [1.165, 1.54) is 0 Å². The maximum absolute atomic E-state index is 13.5. The number of carbonyl (C=O) groups is 1. The quantitative estimate of drug-likeness (QED) is 0.576. The van der Waals surface area contributed by atoms with E-state index in [2.05, 4.69) is 14.6 Å². The van der Waals surface area contributed by atoms with E-state index in [9.17, 15) is 13.2 Å². The van der Waals surface area contributed by atoms with Crippen LogP contribution in [0.3, 0.4) is 0 Å². The Bertz CT molecular complexity index is 1370. The van der Waals surface area contributed by atoms with Crippen LogP contribution in [-0.4, -0.2) is 70.2 Å². The second-order valence-electron chi connectivity index (χ2n) is 8.82. The molecule has 1 aromatic carbocycles. The minimum absolute atomic E-state index is 0.0570. The van der Waals surface area contributed by atoms with E-state index in [0.29, 0.717) is 37.5 Å². The Morgan fingerprint density at radius 1 is 0.939 bits per heavy atom. The Hall–Kier alpha value is -3.27. The van der Waals surface area contributed by atoms with E-state index in [1.54, 1.807) is 24.3 Å². The van der Waals surface area contributed by atoms with Crippen molar-refractivity contribution in [1.82, 2.24) is 24.4 Å². The van der Waals surface area contributed by atoms with Gasteiger partial charge in [-0.15, -0.1) is 14.6 Å². The van der Waals surface area contributed by atoms with Gasteiger partial charge in [0, 0.05) is 37.3 Å². The summed E-state index contributed by atoms with van der Waals surface area (Å²) in [6.45, 7) is 1.93. The highest BCUT2D eigenvalue weighted by atomic mass is 32.2. The first kappa shape index (κ1) is 20.3. The summed E-state index contributed by atoms with van der Waals surface area (Å²) in [5, 5.41) is 8.65. The van der Waals surface area contributed by atoms with Gasteiger partial charge in [0.1, 0.15) is 16.8 Å². The van der Waals surface area contributed by atoms with Crippen LogP contribution in [0.5, 0.6) is 0 Å². The summed E-state index contributed by atoms with van der Waals surface area (Å²) in [6.07, 6.45) is 5.17. The summed E-state index contributed by atoms with van der Waals surface area (Å²) >= 11 is 0. The van der Waals surface area contributed by atoms with E-state index in [0.717, 1.165) is 30.7 Å². The number of hydrogen-bond donors (Lipinski definition) is 0. The monoisotopic (exact) mass is 464 g/mol. The number of likely N-dealkylation sites (tertiary alicyclic amines) is 2. The van der Waals surface area contributed by atoms with Crippen LogP contribution in [0, 0.1) is 0 Å². The van der Waals surface area contributed by atoms with Gasteiger partial charge < -0.3 is 9.80 Å². The molecule has 3 aromatic rings. The van der Waals surface area contributed by atoms with Crippen molar-refractivity contribution in [1.29, 1.82) is 0 Å². The summed E-state index contributed by atoms with van der Waals surface area (Å²) in [5.41, 5.74) is 1.43. The molecule has 0 bridgehead atoms. The number of fused-ring (bicyclic) bond motifs is 2. The highest BCUT2D eigenvalue weighted by Gasteiger charge is 2.41. The van der Waals surface area contributed by atoms with Crippen molar-refractivity contribution in [3.8, 4) is 0 Å². The fourth-order valence-electron chi connectivity index (χ4n) is 5.28. The van der Waals surface area contributed by atoms with E-state index in [-0.39, 0.29) is 22.8 Å². The molecule has 2 saturated heterocycles. The van der Waals surface area contributed by atoms with Gasteiger partial charge in [-0.1, -0.05) is 18.2 Å². The number of hydrogen-bond acceptors (Lipinski definition) is 6. The molecule has 6 rings (SSSR count). The van der Waals surface area contributed by atoms with Crippen LogP contribution in [0.2, 0.25) is 0 Å². The number of rotatable bonds is 2. The summed E-state index contributed by atoms with van der Waals surface area (Å²) < 4.78 is 31.1. The fourth-order valence-corrected chi connectivity index (χ4v) is 6.50. The molecule has 1 amide bonds. The SMILES string of the molecule is O=C([C@@H]1CCCN1C1=NS(=O)(=O)c2ccccc21)N1CCC(c2nnc3ccccn23)CC1. The molecule has 3 aliphatic rings. The minimum Gasteiger partial charge on any atom is -0.343 e. The Labute approximate surface area is 191 Å². The molecule has 2 aromatic heterocycles. The molecule has 3 aliphatic heterocycles. The van der Waals surface area contributed by atoms with Gasteiger partial charge in [0.25, 0.3) is 10.0 Å². The molecule has 0 saturated carbocycles. The van der Waals surface area contributed by atoms with Crippen LogP contribution in [0.1, 0.15) is 43.0 Å². The van der Waals surface area contributed by atoms with Crippen molar-refractivity contribution in [3.63, 3.8) is 0 Å². The predicted molar refractivity (Wildman–Crippen MR) is 121 cm³/mol. The first-order valence-electron chi connectivity index (χ1n) is 11.3. The third-order valence-electron chi connectivity index (χ3n) is 6.93. The molecule has 170 valence electrons. The fraction of sp³-hybridized carbons (Fsp3) is 0.391. The van der Waals surface area contributed by atoms with Crippen molar-refractivity contribution in [2.75, 3.05) is 19.6 Å². The smallest absolute Gasteiger partial charge is 0.285 e. The normalized spacial score (nSPS) is 22.5. The lowest BCUT2D eigenvalue weighted by Crippen LogP contribution is -2.49. The number of pyridine rings is 1. The van der Waals surface area contributed by atoms with Crippen LogP contribution in [-0.2, 0) is 14.8 Å². The van der Waals surface area contributed by atoms with Crippen molar-refractivity contribution < 1.29 is 13.2 Å². The maximum atomic E-state index is 13.5. The van der Waals surface area contributed by atoms with Crippen molar-refractivity contribution in [2.45, 2.75) is 42.5 Å². The number of piperidine rings is 1. The van der Waals surface area contributed by atoms with Gasteiger partial charge in [-0.2, -0.15) is 8.42 Å². The Kier molecular flexibility index (Phi) is 4.72. The number of nitrogens with zero attached hydrogens (tertiary/aromatic N) is 6. The van der Waals surface area contributed by atoms with E-state index >= 15 is 0 Å². The second kappa shape index (κ2) is 7.65. The van der Waals surface area contributed by atoms with E-state index in [1.807, 2.05) is 38.6 Å². The largest absolute Gasteiger partial charge is 0.343 e. The molecule has 33 heavy (non-hydrogen) atoms. The second-order valence-corrected chi connectivity index (χ2v) is 10.4. The molecule has 2 fully saturated rings. The van der Waals surface area contributed by atoms with Gasteiger partial charge in [0.05, 0.1) is 0 Å². The van der Waals surface area contributed by atoms with Crippen LogP contribution >= 0.6 is 0 Å². The number of carbonyl (C=O) groups excluding carboxylic acids is 1. The summed E-state index contributed by atoms with van der Waals surface area (Å²) in [4.78, 5) is 17.5. The van der Waals surface area contributed by atoms with Crippen molar-refractivity contribution >= 4 is 27.4 Å². The molecular weight excluding hydrogens is 440 g/mol. The number of amidine groups is 1. The average molecular weight is 465 g/mol. The first-order chi connectivity index (χ1) is 16.0. The summed E-state index contributed by atoms with van der Waals surface area (Å²) in [5.74, 6) is 1.66. The molecule has 0 radical (unpaired) electrons. The van der Waals surface area contributed by atoms with Crippen LogP contribution in [0.4, 0.5) is 0 Å². The van der Waals surface area contributed by atoms with Gasteiger partial charge in [0.15, 0.2) is 11.5 Å². The van der Waals surface area contributed by atoms with Crippen LogP contribution in [0.15, 0.2) is 58.0 Å². The zero-order valence-electron chi connectivity index (χ0n) is 18.0. The highest BCUT2D eigenvalue weighted by Crippen LogP contribution is 2.33. The standard InChI is InChI=1S/C23H24N6O3S/c30-23(27-14-10-16(11-15-27)21-25-24-20-9-3-4-12-29(20)21)18-7-5-13-28(18)22-17-6-1-2-8-19(17)33(31,32)26-22/h1-4,6,8-9,12,16,18H,5,7,10-11,13-15H2/t18-/m0/s1. The Morgan fingerprint density at radius 3 is 2.58 bits per heavy atom. The molecule has 0 aliphatic carbocycles. The highest BCUT2D eigenvalue weighted by molar-refractivity contribution is 7.90. The minimum atomic E-state index is -3.71. The summed E-state index contributed by atoms with van der Waals surface area (Å²) in [6, 6.07) is 12.3. The molecule has 0 N–H and O–H groups in total. The molecule has 0 unspecified atom stereocenters. The molecular formula is C23H24N6O3S. The van der Waals surface area contributed by atoms with Gasteiger partial charge in [-0.05, 0) is 49.9 Å². The zero-order valence-corrected chi connectivity index (χ0v) is 18.9. The number of aromatic nitrogens is 3. The topological polar surface area (TPSA) is 100 Å². The lowest BCUT2D eigenvalue weighted by molar-refractivity contribution is -0.135. The van der Waals surface area contributed by atoms with Gasteiger partial charge in [-0.3, -0.25) is 9.20 Å². The van der Waals surface area contributed by atoms with Gasteiger partial charge >= 0.3 is 0 Å². The number of benzene rings is 1. The third kappa shape index (κ3) is 3.31. The average Bonchev–Trinajstić information content (AvgIpc) is 3.55. The Balaban J connectivity index is 1.19. The predicted octanol–water partition coefficient (Wildman–Crippen LogP) is 2.05. The van der Waals surface area contributed by atoms with Crippen LogP contribution in [0.25, 0.3) is 5.65 Å². The molecule has 9 nitrogen and oxygen atoms in total. The third-order valence-corrected chi connectivity index (χ3v) is 8.26.